The molecule has 2 aliphatic rings. The van der Waals surface area contributed by atoms with Crippen LogP contribution in [-0.2, 0) is 11.2 Å². The molecule has 2 saturated heterocycles. The number of halogens is 1. The summed E-state index contributed by atoms with van der Waals surface area (Å²) in [4.78, 5) is 24.5. The molecular weight excluding hydrogens is 371 g/mol. The topological polar surface area (TPSA) is 61.5 Å². The van der Waals surface area contributed by atoms with E-state index in [4.69, 9.17) is 9.72 Å². The lowest BCUT2D eigenvalue weighted by Gasteiger charge is -2.34. The third kappa shape index (κ3) is 4.78. The first-order valence-electron chi connectivity index (χ1n) is 10.6. The Morgan fingerprint density at radius 3 is 2.93 bits per heavy atom. The van der Waals surface area contributed by atoms with E-state index in [1.165, 1.54) is 6.07 Å². The molecule has 0 aliphatic carbocycles. The molecule has 0 radical (unpaired) electrons. The fourth-order valence-corrected chi connectivity index (χ4v) is 4.34. The highest BCUT2D eigenvalue weighted by molar-refractivity contribution is 5.45. The van der Waals surface area contributed by atoms with Gasteiger partial charge in [0.25, 0.3) is 5.56 Å². The van der Waals surface area contributed by atoms with Gasteiger partial charge in [-0.3, -0.25) is 9.78 Å². The molecule has 0 unspecified atom stereocenters. The summed E-state index contributed by atoms with van der Waals surface area (Å²) in [5, 5.41) is 0. The third-order valence-electron chi connectivity index (χ3n) is 5.84. The molecule has 2 aromatic rings. The second-order valence-electron chi connectivity index (χ2n) is 8.05. The fraction of sp³-hybridized carbons (Fsp3) is 0.545. The zero-order valence-corrected chi connectivity index (χ0v) is 16.9. The maximum absolute atomic E-state index is 14.3. The largest absolute Gasteiger partial charge is 0.375 e. The van der Waals surface area contributed by atoms with Gasteiger partial charge in [0, 0.05) is 31.7 Å². The Hall–Kier alpha value is -2.41. The van der Waals surface area contributed by atoms with E-state index in [1.54, 1.807) is 12.1 Å². The SMILES string of the molecule is C[C@@H]1CN(c2cc(=O)[nH]c(N3CCCCC[C@H]3Cc3ccccc3F)n2)CCO1. The van der Waals surface area contributed by atoms with Crippen LogP contribution in [0.3, 0.4) is 0 Å². The highest BCUT2D eigenvalue weighted by Gasteiger charge is 2.26. The Labute approximate surface area is 170 Å². The van der Waals surface area contributed by atoms with Crippen LogP contribution in [0.4, 0.5) is 16.2 Å². The molecule has 2 atom stereocenters. The fourth-order valence-electron chi connectivity index (χ4n) is 4.34. The molecule has 3 heterocycles. The van der Waals surface area contributed by atoms with Gasteiger partial charge in [-0.1, -0.05) is 31.0 Å². The molecule has 1 N–H and O–H groups in total. The van der Waals surface area contributed by atoms with Crippen molar-refractivity contribution in [2.45, 2.75) is 51.2 Å². The molecule has 0 spiro atoms. The number of aromatic nitrogens is 2. The molecule has 0 saturated carbocycles. The van der Waals surface area contributed by atoms with Gasteiger partial charge in [0.05, 0.1) is 12.7 Å². The third-order valence-corrected chi connectivity index (χ3v) is 5.84. The van der Waals surface area contributed by atoms with Crippen LogP contribution >= 0.6 is 0 Å². The zero-order chi connectivity index (χ0) is 20.2. The molecule has 7 heteroatoms. The Morgan fingerprint density at radius 1 is 1.24 bits per heavy atom. The number of ether oxygens (including phenoxy) is 1. The van der Waals surface area contributed by atoms with Crippen molar-refractivity contribution in [3.63, 3.8) is 0 Å². The van der Waals surface area contributed by atoms with E-state index in [0.29, 0.717) is 36.9 Å². The Morgan fingerprint density at radius 2 is 2.10 bits per heavy atom. The number of nitrogens with zero attached hydrogens (tertiary/aromatic N) is 3. The molecule has 6 nitrogen and oxygen atoms in total. The van der Waals surface area contributed by atoms with Crippen LogP contribution in [0.1, 0.15) is 38.2 Å². The number of aromatic amines is 1. The highest BCUT2D eigenvalue weighted by atomic mass is 19.1. The summed E-state index contributed by atoms with van der Waals surface area (Å²) < 4.78 is 19.9. The average Bonchev–Trinajstić information content (AvgIpc) is 2.95. The number of benzene rings is 1. The zero-order valence-electron chi connectivity index (χ0n) is 16.9. The van der Waals surface area contributed by atoms with E-state index in [-0.39, 0.29) is 23.5 Å². The normalized spacial score (nSPS) is 23.1. The predicted octanol–water partition coefficient (Wildman–Crippen LogP) is 3.13. The molecule has 1 aromatic heterocycles. The summed E-state index contributed by atoms with van der Waals surface area (Å²) in [6, 6.07) is 8.62. The molecule has 0 bridgehead atoms. The molecule has 1 aromatic carbocycles. The van der Waals surface area contributed by atoms with Crippen LogP contribution < -0.4 is 15.4 Å². The summed E-state index contributed by atoms with van der Waals surface area (Å²) in [5.41, 5.74) is 0.558. The molecular formula is C22H29FN4O2. The lowest BCUT2D eigenvalue weighted by molar-refractivity contribution is 0.0529. The Kier molecular flexibility index (Phi) is 6.13. The van der Waals surface area contributed by atoms with Crippen molar-refractivity contribution < 1.29 is 9.13 Å². The molecule has 29 heavy (non-hydrogen) atoms. The quantitative estimate of drug-likeness (QED) is 0.855. The smallest absolute Gasteiger partial charge is 0.254 e. The van der Waals surface area contributed by atoms with Crippen LogP contribution in [0.25, 0.3) is 0 Å². The van der Waals surface area contributed by atoms with Crippen molar-refractivity contribution in [3.8, 4) is 0 Å². The summed E-state index contributed by atoms with van der Waals surface area (Å²) in [6.45, 7) is 4.91. The van der Waals surface area contributed by atoms with Gasteiger partial charge in [-0.2, -0.15) is 4.98 Å². The van der Waals surface area contributed by atoms with Crippen LogP contribution in [0.2, 0.25) is 0 Å². The Bertz CT molecular complexity index is 887. The highest BCUT2D eigenvalue weighted by Crippen LogP contribution is 2.26. The van der Waals surface area contributed by atoms with Crippen LogP contribution in [0.15, 0.2) is 35.1 Å². The maximum atomic E-state index is 14.3. The predicted molar refractivity (Wildman–Crippen MR) is 112 cm³/mol. The van der Waals surface area contributed by atoms with Crippen LogP contribution in [-0.4, -0.2) is 48.4 Å². The van der Waals surface area contributed by atoms with Gasteiger partial charge in [0.15, 0.2) is 0 Å². The summed E-state index contributed by atoms with van der Waals surface area (Å²) in [7, 11) is 0. The van der Waals surface area contributed by atoms with Crippen LogP contribution in [0.5, 0.6) is 0 Å². The summed E-state index contributed by atoms with van der Waals surface area (Å²) >= 11 is 0. The number of H-pyrrole nitrogens is 1. The molecule has 4 rings (SSSR count). The van der Waals surface area contributed by atoms with Gasteiger partial charge in [0.2, 0.25) is 5.95 Å². The van der Waals surface area contributed by atoms with Crippen molar-refractivity contribution in [2.75, 3.05) is 36.0 Å². The summed E-state index contributed by atoms with van der Waals surface area (Å²) in [5.74, 6) is 1.11. The van der Waals surface area contributed by atoms with Crippen molar-refractivity contribution in [1.82, 2.24) is 9.97 Å². The van der Waals surface area contributed by atoms with E-state index in [9.17, 15) is 9.18 Å². The van der Waals surface area contributed by atoms with Crippen molar-refractivity contribution in [3.05, 3.63) is 52.1 Å². The number of nitrogens with one attached hydrogen (secondary N) is 1. The number of hydrogen-bond acceptors (Lipinski definition) is 5. The number of morpholine rings is 1. The van der Waals surface area contributed by atoms with Crippen LogP contribution in [0, 0.1) is 5.82 Å². The van der Waals surface area contributed by atoms with Gasteiger partial charge in [0.1, 0.15) is 11.6 Å². The standard InChI is InChI=1S/C22H29FN4O2/c1-16-15-26(11-12-29-16)20-14-21(28)25-22(24-20)27-10-6-2-3-8-18(27)13-17-7-4-5-9-19(17)23/h4-5,7,9,14,16,18H,2-3,6,8,10-13,15H2,1H3,(H,24,25,28)/t16-,18+/m1/s1. The maximum Gasteiger partial charge on any atom is 0.254 e. The first-order valence-corrected chi connectivity index (χ1v) is 10.6. The summed E-state index contributed by atoms with van der Waals surface area (Å²) in [6.07, 6.45) is 4.94. The second kappa shape index (κ2) is 8.95. The first-order chi connectivity index (χ1) is 14.1. The minimum absolute atomic E-state index is 0.108. The number of hydrogen-bond donors (Lipinski definition) is 1. The monoisotopic (exact) mass is 400 g/mol. The second-order valence-corrected chi connectivity index (χ2v) is 8.05. The number of anilines is 2. The minimum Gasteiger partial charge on any atom is -0.375 e. The van der Waals surface area contributed by atoms with Gasteiger partial charge < -0.3 is 14.5 Å². The minimum atomic E-state index is -0.172. The molecule has 2 aliphatic heterocycles. The van der Waals surface area contributed by atoms with Gasteiger partial charge >= 0.3 is 0 Å². The van der Waals surface area contributed by atoms with E-state index in [2.05, 4.69) is 14.8 Å². The Balaban J connectivity index is 1.63. The van der Waals surface area contributed by atoms with E-state index in [0.717, 1.165) is 38.8 Å². The lowest BCUT2D eigenvalue weighted by atomic mass is 10.0. The molecule has 2 fully saturated rings. The lowest BCUT2D eigenvalue weighted by Crippen LogP contribution is -2.43. The van der Waals surface area contributed by atoms with Crippen molar-refractivity contribution in [1.29, 1.82) is 0 Å². The van der Waals surface area contributed by atoms with Gasteiger partial charge in [-0.15, -0.1) is 0 Å². The first kappa shape index (κ1) is 19.9. The molecule has 156 valence electrons. The van der Waals surface area contributed by atoms with Gasteiger partial charge in [-0.25, -0.2) is 4.39 Å². The van der Waals surface area contributed by atoms with E-state index < -0.39 is 0 Å². The van der Waals surface area contributed by atoms with Gasteiger partial charge in [-0.05, 0) is 37.8 Å². The van der Waals surface area contributed by atoms with E-state index in [1.807, 2.05) is 19.1 Å². The number of rotatable bonds is 4. The van der Waals surface area contributed by atoms with Crippen molar-refractivity contribution in [2.24, 2.45) is 0 Å². The van der Waals surface area contributed by atoms with E-state index >= 15 is 0 Å². The van der Waals surface area contributed by atoms with Crippen molar-refractivity contribution >= 4 is 11.8 Å². The average molecular weight is 400 g/mol. The molecule has 0 amide bonds.